The number of benzene rings is 1. The first kappa shape index (κ1) is 15.8. The molecule has 3 N–H and O–H groups in total. The Kier molecular flexibility index (Phi) is 6.71. The summed E-state index contributed by atoms with van der Waals surface area (Å²) >= 11 is 7.45. The number of amides is 1. The molecule has 1 rings (SSSR count). The van der Waals surface area contributed by atoms with Gasteiger partial charge in [-0.05, 0) is 31.2 Å². The van der Waals surface area contributed by atoms with Gasteiger partial charge in [0.15, 0.2) is 0 Å². The quantitative estimate of drug-likeness (QED) is 0.846. The number of nitriles is 1. The van der Waals surface area contributed by atoms with E-state index >= 15 is 0 Å². The molecule has 0 aromatic heterocycles. The van der Waals surface area contributed by atoms with E-state index in [0.29, 0.717) is 33.8 Å². The van der Waals surface area contributed by atoms with Gasteiger partial charge in [0, 0.05) is 10.9 Å². The van der Waals surface area contributed by atoms with Gasteiger partial charge in [0.25, 0.3) is 0 Å². The second-order valence-corrected chi connectivity index (χ2v) is 5.89. The summed E-state index contributed by atoms with van der Waals surface area (Å²) in [5.74, 6) is 0.286. The molecule has 1 aromatic rings. The molecule has 0 aliphatic rings. The van der Waals surface area contributed by atoms with Gasteiger partial charge in [0.05, 0.1) is 16.3 Å². The van der Waals surface area contributed by atoms with E-state index < -0.39 is 0 Å². The molecular formula is C13H16ClN3OS. The molecule has 4 nitrogen and oxygen atoms in total. The van der Waals surface area contributed by atoms with E-state index in [9.17, 15) is 4.79 Å². The number of nitrogens with zero attached hydrogens (tertiary/aromatic N) is 1. The Morgan fingerprint density at radius 1 is 1.63 bits per heavy atom. The lowest BCUT2D eigenvalue weighted by molar-refractivity contribution is -0.113. The monoisotopic (exact) mass is 297 g/mol. The first-order valence-electron chi connectivity index (χ1n) is 5.88. The van der Waals surface area contributed by atoms with Crippen LogP contribution in [0.5, 0.6) is 0 Å². The standard InChI is InChI=1S/C13H16ClN3OS/c1-9(4-5-15)19-8-13(18)17-11-3-2-10(7-16)12(14)6-11/h2-3,6,9H,4-5,8,15H2,1H3,(H,17,18). The van der Waals surface area contributed by atoms with Gasteiger partial charge in [-0.25, -0.2) is 0 Å². The van der Waals surface area contributed by atoms with Crippen molar-refractivity contribution in [3.63, 3.8) is 0 Å². The molecule has 0 bridgehead atoms. The maximum absolute atomic E-state index is 11.7. The van der Waals surface area contributed by atoms with Crippen LogP contribution in [-0.4, -0.2) is 23.5 Å². The van der Waals surface area contributed by atoms with Crippen molar-refractivity contribution in [3.05, 3.63) is 28.8 Å². The van der Waals surface area contributed by atoms with Gasteiger partial charge in [-0.1, -0.05) is 18.5 Å². The number of anilines is 1. The summed E-state index contributed by atoms with van der Waals surface area (Å²) in [7, 11) is 0. The van der Waals surface area contributed by atoms with Crippen molar-refractivity contribution < 1.29 is 4.79 Å². The highest BCUT2D eigenvalue weighted by molar-refractivity contribution is 8.00. The van der Waals surface area contributed by atoms with E-state index in [4.69, 9.17) is 22.6 Å². The summed E-state index contributed by atoms with van der Waals surface area (Å²) in [6, 6.07) is 6.79. The van der Waals surface area contributed by atoms with Crippen molar-refractivity contribution in [2.24, 2.45) is 5.73 Å². The minimum Gasteiger partial charge on any atom is -0.330 e. The Balaban J connectivity index is 2.49. The molecule has 1 atom stereocenters. The summed E-state index contributed by atoms with van der Waals surface area (Å²) in [4.78, 5) is 11.7. The minimum atomic E-state index is -0.0883. The fraction of sp³-hybridized carbons (Fsp3) is 0.385. The molecular weight excluding hydrogens is 282 g/mol. The molecule has 0 radical (unpaired) electrons. The smallest absolute Gasteiger partial charge is 0.234 e. The number of nitrogens with two attached hydrogens (primary N) is 1. The minimum absolute atomic E-state index is 0.0883. The molecule has 0 saturated carbocycles. The van der Waals surface area contributed by atoms with Gasteiger partial charge < -0.3 is 11.1 Å². The number of hydrogen-bond donors (Lipinski definition) is 2. The number of rotatable bonds is 6. The summed E-state index contributed by atoms with van der Waals surface area (Å²) in [6.07, 6.45) is 0.890. The van der Waals surface area contributed by atoms with E-state index in [0.717, 1.165) is 6.42 Å². The number of nitrogens with one attached hydrogen (secondary N) is 1. The van der Waals surface area contributed by atoms with Crippen molar-refractivity contribution >= 4 is 35.0 Å². The van der Waals surface area contributed by atoms with E-state index in [1.807, 2.05) is 13.0 Å². The van der Waals surface area contributed by atoms with Crippen LogP contribution in [0.1, 0.15) is 18.9 Å². The zero-order valence-electron chi connectivity index (χ0n) is 10.6. The second-order valence-electron chi connectivity index (χ2n) is 4.05. The zero-order valence-corrected chi connectivity index (χ0v) is 12.2. The molecule has 1 aromatic carbocycles. The lowest BCUT2D eigenvalue weighted by Crippen LogP contribution is -2.17. The van der Waals surface area contributed by atoms with E-state index in [2.05, 4.69) is 5.32 Å². The molecule has 0 heterocycles. The summed E-state index contributed by atoms with van der Waals surface area (Å²) in [5.41, 5.74) is 6.44. The van der Waals surface area contributed by atoms with Crippen molar-refractivity contribution in [1.29, 1.82) is 5.26 Å². The van der Waals surface area contributed by atoms with Crippen LogP contribution in [0.4, 0.5) is 5.69 Å². The second kappa shape index (κ2) is 8.05. The van der Waals surface area contributed by atoms with Gasteiger partial charge in [0.2, 0.25) is 5.91 Å². The molecule has 0 fully saturated rings. The SMILES string of the molecule is CC(CCN)SCC(=O)Nc1ccc(C#N)c(Cl)c1. The Bertz CT molecular complexity index is 487. The highest BCUT2D eigenvalue weighted by Crippen LogP contribution is 2.20. The average Bonchev–Trinajstić information content (AvgIpc) is 2.37. The maximum Gasteiger partial charge on any atom is 0.234 e. The summed E-state index contributed by atoms with van der Waals surface area (Å²) in [6.45, 7) is 2.67. The number of hydrogen-bond acceptors (Lipinski definition) is 4. The average molecular weight is 298 g/mol. The van der Waals surface area contributed by atoms with E-state index in [1.165, 1.54) is 0 Å². The Hall–Kier alpha value is -1.22. The van der Waals surface area contributed by atoms with Crippen LogP contribution in [0.15, 0.2) is 18.2 Å². The van der Waals surface area contributed by atoms with E-state index in [-0.39, 0.29) is 5.91 Å². The van der Waals surface area contributed by atoms with Crippen LogP contribution in [-0.2, 0) is 4.79 Å². The van der Waals surface area contributed by atoms with Gasteiger partial charge >= 0.3 is 0 Å². The van der Waals surface area contributed by atoms with Crippen LogP contribution >= 0.6 is 23.4 Å². The molecule has 0 spiro atoms. The molecule has 0 saturated heterocycles. The number of halogens is 1. The number of carbonyl (C=O) groups is 1. The molecule has 0 aliphatic heterocycles. The van der Waals surface area contributed by atoms with Gasteiger partial charge in [-0.3, -0.25) is 4.79 Å². The topological polar surface area (TPSA) is 78.9 Å². The Labute approximate surface area is 122 Å². The first-order valence-corrected chi connectivity index (χ1v) is 7.30. The molecule has 6 heteroatoms. The van der Waals surface area contributed by atoms with Crippen LogP contribution in [0.25, 0.3) is 0 Å². The fourth-order valence-corrected chi connectivity index (χ4v) is 2.45. The van der Waals surface area contributed by atoms with Crippen LogP contribution in [0.2, 0.25) is 5.02 Å². The third-order valence-electron chi connectivity index (χ3n) is 2.45. The van der Waals surface area contributed by atoms with Gasteiger partial charge in [-0.2, -0.15) is 5.26 Å². The molecule has 1 amide bonds. The third-order valence-corrected chi connectivity index (χ3v) is 3.99. The van der Waals surface area contributed by atoms with Crippen LogP contribution < -0.4 is 11.1 Å². The molecule has 102 valence electrons. The predicted molar refractivity (Wildman–Crippen MR) is 80.4 cm³/mol. The first-order chi connectivity index (χ1) is 9.06. The molecule has 19 heavy (non-hydrogen) atoms. The fourth-order valence-electron chi connectivity index (χ4n) is 1.42. The van der Waals surface area contributed by atoms with Crippen molar-refractivity contribution in [1.82, 2.24) is 0 Å². The lowest BCUT2D eigenvalue weighted by atomic mass is 10.2. The molecule has 1 unspecified atom stereocenters. The lowest BCUT2D eigenvalue weighted by Gasteiger charge is -2.10. The normalized spacial score (nSPS) is 11.7. The largest absolute Gasteiger partial charge is 0.330 e. The summed E-state index contributed by atoms with van der Waals surface area (Å²) < 4.78 is 0. The van der Waals surface area contributed by atoms with Gasteiger partial charge in [-0.15, -0.1) is 11.8 Å². The van der Waals surface area contributed by atoms with Crippen LogP contribution in [0.3, 0.4) is 0 Å². The predicted octanol–water partition coefficient (Wildman–Crippen LogP) is 2.62. The maximum atomic E-state index is 11.7. The third kappa shape index (κ3) is 5.52. The number of thioether (sulfide) groups is 1. The van der Waals surface area contributed by atoms with Crippen molar-refractivity contribution in [2.75, 3.05) is 17.6 Å². The zero-order chi connectivity index (χ0) is 14.3. The highest BCUT2D eigenvalue weighted by Gasteiger charge is 2.08. The van der Waals surface area contributed by atoms with Gasteiger partial charge in [0.1, 0.15) is 6.07 Å². The Morgan fingerprint density at radius 2 is 2.37 bits per heavy atom. The van der Waals surface area contributed by atoms with Crippen molar-refractivity contribution in [3.8, 4) is 6.07 Å². The van der Waals surface area contributed by atoms with Crippen LogP contribution in [0, 0.1) is 11.3 Å². The van der Waals surface area contributed by atoms with E-state index in [1.54, 1.807) is 30.0 Å². The Morgan fingerprint density at radius 3 is 2.95 bits per heavy atom. The summed E-state index contributed by atoms with van der Waals surface area (Å²) in [5, 5.41) is 12.2. The number of carbonyl (C=O) groups excluding carboxylic acids is 1. The highest BCUT2D eigenvalue weighted by atomic mass is 35.5. The van der Waals surface area contributed by atoms with Crippen molar-refractivity contribution in [2.45, 2.75) is 18.6 Å². The molecule has 0 aliphatic carbocycles.